The summed E-state index contributed by atoms with van der Waals surface area (Å²) in [5.41, 5.74) is 0.850. The summed E-state index contributed by atoms with van der Waals surface area (Å²) in [4.78, 5) is 0. The summed E-state index contributed by atoms with van der Waals surface area (Å²) in [6.45, 7) is 5.68. The molecule has 0 bridgehead atoms. The highest BCUT2D eigenvalue weighted by Gasteiger charge is 2.18. The van der Waals surface area contributed by atoms with Gasteiger partial charge in [-0.2, -0.15) is 9.50 Å². The molecular weight excluding hydrogens is 198 g/mol. The summed E-state index contributed by atoms with van der Waals surface area (Å²) in [5.74, 6) is 0. The van der Waals surface area contributed by atoms with E-state index in [0.29, 0.717) is 0 Å². The second-order valence-corrected chi connectivity index (χ2v) is 5.91. The van der Waals surface area contributed by atoms with Crippen LogP contribution in [0.1, 0.15) is 26.5 Å². The average Bonchev–Trinajstić information content (AvgIpc) is 2.45. The van der Waals surface area contributed by atoms with Crippen LogP contribution in [-0.4, -0.2) is 25.0 Å². The maximum absolute atomic E-state index is 11.6. The average molecular weight is 213 g/mol. The molecule has 0 saturated heterocycles. The van der Waals surface area contributed by atoms with E-state index >= 15 is 0 Å². The first-order chi connectivity index (χ1) is 6.41. The van der Waals surface area contributed by atoms with Crippen LogP contribution in [0.3, 0.4) is 0 Å². The van der Waals surface area contributed by atoms with Gasteiger partial charge in [0.05, 0.1) is 16.7 Å². The van der Waals surface area contributed by atoms with Gasteiger partial charge >= 0.3 is 0 Å². The fourth-order valence-corrected chi connectivity index (χ4v) is 1.29. The lowest BCUT2D eigenvalue weighted by atomic mass is 10.3. The van der Waals surface area contributed by atoms with Gasteiger partial charge in [0.1, 0.15) is 11.0 Å². The second kappa shape index (κ2) is 4.04. The molecule has 1 atom stereocenters. The molecule has 0 aliphatic carbocycles. The van der Waals surface area contributed by atoms with Crippen LogP contribution in [0, 0.1) is 0 Å². The van der Waals surface area contributed by atoms with Gasteiger partial charge in [0, 0.05) is 13.2 Å². The highest BCUT2D eigenvalue weighted by molar-refractivity contribution is 7.85. The Hall–Kier alpha value is -0.970. The van der Waals surface area contributed by atoms with E-state index in [9.17, 15) is 4.21 Å². The van der Waals surface area contributed by atoms with Crippen molar-refractivity contribution < 1.29 is 4.21 Å². The molecule has 0 N–H and O–H groups in total. The van der Waals surface area contributed by atoms with Gasteiger partial charge in [-0.05, 0) is 26.8 Å². The van der Waals surface area contributed by atoms with Crippen molar-refractivity contribution in [2.24, 2.45) is 11.4 Å². The van der Waals surface area contributed by atoms with Crippen molar-refractivity contribution in [3.8, 4) is 0 Å². The smallest absolute Gasteiger partial charge is 0.144 e. The summed E-state index contributed by atoms with van der Waals surface area (Å²) < 4.78 is 16.9. The van der Waals surface area contributed by atoms with Crippen LogP contribution in [-0.2, 0) is 18.0 Å². The fraction of sp³-hybridized carbons (Fsp3) is 0.556. The molecule has 0 amide bonds. The maximum atomic E-state index is 11.6. The van der Waals surface area contributed by atoms with Crippen LogP contribution in [0.5, 0.6) is 0 Å². The Balaban J connectivity index is 2.75. The van der Waals surface area contributed by atoms with E-state index in [-0.39, 0.29) is 4.75 Å². The Bertz CT molecular complexity index is 362. The van der Waals surface area contributed by atoms with Crippen molar-refractivity contribution in [2.45, 2.75) is 25.5 Å². The highest BCUT2D eigenvalue weighted by atomic mass is 32.2. The van der Waals surface area contributed by atoms with Crippen molar-refractivity contribution in [3.05, 3.63) is 18.0 Å². The molecule has 0 aromatic carbocycles. The zero-order chi connectivity index (χ0) is 10.8. The first-order valence-corrected chi connectivity index (χ1v) is 5.46. The monoisotopic (exact) mass is 213 g/mol. The minimum Gasteiger partial charge on any atom is -0.267 e. The standard InChI is InChI=1S/C9H15N3OS/c1-9(2,3)14(13)11-7-8-5-6-10-12(8)4/h5-7H,1-4H3/b11-7+. The number of rotatable bonds is 2. The number of hydrogen-bond acceptors (Lipinski definition) is 2. The molecule has 4 nitrogen and oxygen atoms in total. The predicted molar refractivity (Wildman–Crippen MR) is 58.7 cm³/mol. The molecule has 0 radical (unpaired) electrons. The van der Waals surface area contributed by atoms with E-state index in [0.717, 1.165) is 5.69 Å². The van der Waals surface area contributed by atoms with Crippen LogP contribution in [0.15, 0.2) is 16.7 Å². The lowest BCUT2D eigenvalue weighted by Crippen LogP contribution is -2.19. The molecular formula is C9H15N3OS. The molecule has 1 unspecified atom stereocenters. The molecule has 0 fully saturated rings. The molecule has 0 spiro atoms. The molecule has 1 rings (SSSR count). The number of aryl methyl sites for hydroxylation is 1. The second-order valence-electron chi connectivity index (χ2n) is 3.98. The third kappa shape index (κ3) is 2.77. The molecule has 78 valence electrons. The van der Waals surface area contributed by atoms with Crippen molar-refractivity contribution in [1.82, 2.24) is 9.78 Å². The van der Waals surface area contributed by atoms with E-state index < -0.39 is 11.0 Å². The van der Waals surface area contributed by atoms with Gasteiger partial charge in [-0.3, -0.25) is 4.68 Å². The maximum Gasteiger partial charge on any atom is 0.144 e. The van der Waals surface area contributed by atoms with Crippen molar-refractivity contribution in [3.63, 3.8) is 0 Å². The van der Waals surface area contributed by atoms with Gasteiger partial charge < -0.3 is 0 Å². The summed E-state index contributed by atoms with van der Waals surface area (Å²) in [5, 5.41) is 3.98. The van der Waals surface area contributed by atoms with Crippen LogP contribution in [0.2, 0.25) is 0 Å². The minimum atomic E-state index is -1.20. The fourth-order valence-electron chi connectivity index (χ4n) is 0.771. The lowest BCUT2D eigenvalue weighted by molar-refractivity contribution is 0.651. The Morgan fingerprint density at radius 1 is 1.57 bits per heavy atom. The van der Waals surface area contributed by atoms with Crippen LogP contribution in [0.25, 0.3) is 0 Å². The third-order valence-corrected chi connectivity index (χ3v) is 3.01. The van der Waals surface area contributed by atoms with Crippen LogP contribution >= 0.6 is 0 Å². The molecule has 14 heavy (non-hydrogen) atoms. The summed E-state index contributed by atoms with van der Waals surface area (Å²) >= 11 is 0. The Morgan fingerprint density at radius 3 is 2.64 bits per heavy atom. The van der Waals surface area contributed by atoms with E-state index in [4.69, 9.17) is 0 Å². The predicted octanol–water partition coefficient (Wildman–Crippen LogP) is 1.30. The van der Waals surface area contributed by atoms with E-state index in [1.165, 1.54) is 0 Å². The zero-order valence-corrected chi connectivity index (χ0v) is 9.71. The molecule has 0 saturated carbocycles. The van der Waals surface area contributed by atoms with Crippen LogP contribution < -0.4 is 0 Å². The molecule has 1 heterocycles. The summed E-state index contributed by atoms with van der Waals surface area (Å²) in [6.07, 6.45) is 3.27. The molecule has 0 aliphatic rings. The SMILES string of the molecule is Cn1nccc1/C=N/S(=O)C(C)(C)C. The lowest BCUT2D eigenvalue weighted by Gasteiger charge is -2.12. The first kappa shape index (κ1) is 11.1. The quantitative estimate of drug-likeness (QED) is 0.695. The minimum absolute atomic E-state index is 0.310. The Labute approximate surface area is 86.6 Å². The molecule has 1 aromatic rings. The number of nitrogens with zero attached hydrogens (tertiary/aromatic N) is 3. The zero-order valence-electron chi connectivity index (χ0n) is 8.89. The number of hydrogen-bond donors (Lipinski definition) is 0. The molecule has 0 aliphatic heterocycles. The van der Waals surface area contributed by atoms with Crippen molar-refractivity contribution in [1.29, 1.82) is 0 Å². The van der Waals surface area contributed by atoms with Gasteiger partial charge in [-0.25, -0.2) is 4.21 Å². The van der Waals surface area contributed by atoms with Crippen LogP contribution in [0.4, 0.5) is 0 Å². The summed E-state index contributed by atoms with van der Waals surface area (Å²) in [6, 6.07) is 1.82. The largest absolute Gasteiger partial charge is 0.267 e. The Morgan fingerprint density at radius 2 is 2.21 bits per heavy atom. The van der Waals surface area contributed by atoms with Gasteiger partial charge in [0.25, 0.3) is 0 Å². The van der Waals surface area contributed by atoms with Gasteiger partial charge in [0.15, 0.2) is 0 Å². The normalized spacial score (nSPS) is 14.9. The van der Waals surface area contributed by atoms with Crippen molar-refractivity contribution in [2.75, 3.05) is 0 Å². The highest BCUT2D eigenvalue weighted by Crippen LogP contribution is 2.11. The molecule has 1 aromatic heterocycles. The summed E-state index contributed by atoms with van der Waals surface area (Å²) in [7, 11) is 0.619. The topological polar surface area (TPSA) is 47.2 Å². The third-order valence-electron chi connectivity index (χ3n) is 1.66. The van der Waals surface area contributed by atoms with Gasteiger partial charge in [-0.1, -0.05) is 0 Å². The number of aromatic nitrogens is 2. The first-order valence-electron chi connectivity index (χ1n) is 4.35. The van der Waals surface area contributed by atoms with Gasteiger partial charge in [0.2, 0.25) is 0 Å². The van der Waals surface area contributed by atoms with Crippen molar-refractivity contribution >= 4 is 17.2 Å². The van der Waals surface area contributed by atoms with E-state index in [1.807, 2.05) is 33.9 Å². The van der Waals surface area contributed by atoms with E-state index in [2.05, 4.69) is 9.50 Å². The van der Waals surface area contributed by atoms with Gasteiger partial charge in [-0.15, -0.1) is 0 Å². The van der Waals surface area contributed by atoms with E-state index in [1.54, 1.807) is 17.1 Å². The Kier molecular flexibility index (Phi) is 3.21. The molecule has 5 heteroatoms.